The van der Waals surface area contributed by atoms with E-state index in [1.54, 1.807) is 0 Å². The molecule has 3 fully saturated rings. The second-order valence-electron chi connectivity index (χ2n) is 6.63. The van der Waals surface area contributed by atoms with E-state index in [-0.39, 0.29) is 5.60 Å². The van der Waals surface area contributed by atoms with Gasteiger partial charge < -0.3 is 5.11 Å². The van der Waals surface area contributed by atoms with Crippen LogP contribution in [0.15, 0.2) is 0 Å². The third-order valence-corrected chi connectivity index (χ3v) is 5.94. The van der Waals surface area contributed by atoms with Gasteiger partial charge in [-0.25, -0.2) is 0 Å². The quantitative estimate of drug-likeness (QED) is 0.754. The molecule has 0 aromatic carbocycles. The van der Waals surface area contributed by atoms with E-state index in [2.05, 4.69) is 6.92 Å². The van der Waals surface area contributed by atoms with Crippen LogP contribution >= 0.6 is 0 Å². The minimum absolute atomic E-state index is 0.246. The predicted molar refractivity (Wildman–Crippen MR) is 66.1 cm³/mol. The molecule has 3 aliphatic rings. The molecule has 3 saturated carbocycles. The van der Waals surface area contributed by atoms with Crippen molar-refractivity contribution in [2.24, 2.45) is 23.7 Å². The van der Waals surface area contributed by atoms with Gasteiger partial charge in [0.2, 0.25) is 0 Å². The lowest BCUT2D eigenvalue weighted by Crippen LogP contribution is -2.47. The molecule has 2 bridgehead atoms. The lowest BCUT2D eigenvalue weighted by atomic mass is 9.64. The van der Waals surface area contributed by atoms with Gasteiger partial charge in [0.15, 0.2) is 0 Å². The van der Waals surface area contributed by atoms with Crippen molar-refractivity contribution in [2.75, 3.05) is 0 Å². The Kier molecular flexibility index (Phi) is 2.78. The first kappa shape index (κ1) is 11.1. The summed E-state index contributed by atoms with van der Waals surface area (Å²) < 4.78 is 0. The summed E-state index contributed by atoms with van der Waals surface area (Å²) in [6, 6.07) is 0. The Balaban J connectivity index is 1.79. The predicted octanol–water partition coefficient (Wildman–Crippen LogP) is 3.75. The molecule has 0 aliphatic heterocycles. The molecule has 92 valence electrons. The van der Waals surface area contributed by atoms with Gasteiger partial charge in [0.25, 0.3) is 0 Å². The maximum absolute atomic E-state index is 11.1. The van der Waals surface area contributed by atoms with E-state index in [0.717, 1.165) is 18.3 Å². The first-order chi connectivity index (χ1) is 7.74. The lowest BCUT2D eigenvalue weighted by molar-refractivity contribution is -0.0966. The molecule has 1 heteroatoms. The summed E-state index contributed by atoms with van der Waals surface area (Å²) in [5.41, 5.74) is -0.246. The summed E-state index contributed by atoms with van der Waals surface area (Å²) in [5.74, 6) is 2.99. The van der Waals surface area contributed by atoms with Crippen LogP contribution in [0.4, 0.5) is 0 Å². The highest BCUT2D eigenvalue weighted by Crippen LogP contribution is 2.57. The molecule has 1 N–H and O–H groups in total. The van der Waals surface area contributed by atoms with Gasteiger partial charge in [-0.2, -0.15) is 0 Å². The minimum Gasteiger partial charge on any atom is -0.389 e. The molecule has 3 aliphatic carbocycles. The van der Waals surface area contributed by atoms with Crippen molar-refractivity contribution in [1.29, 1.82) is 0 Å². The topological polar surface area (TPSA) is 20.2 Å². The summed E-state index contributed by atoms with van der Waals surface area (Å²) in [7, 11) is 0. The van der Waals surface area contributed by atoms with Crippen LogP contribution in [-0.4, -0.2) is 10.7 Å². The fourth-order valence-corrected chi connectivity index (χ4v) is 5.15. The summed E-state index contributed by atoms with van der Waals surface area (Å²) in [6.45, 7) is 2.32. The van der Waals surface area contributed by atoms with Crippen molar-refractivity contribution in [3.8, 4) is 0 Å². The summed E-state index contributed by atoms with van der Waals surface area (Å²) >= 11 is 0. The van der Waals surface area contributed by atoms with E-state index in [1.165, 1.54) is 51.4 Å². The summed E-state index contributed by atoms with van der Waals surface area (Å²) in [5, 5.41) is 11.1. The van der Waals surface area contributed by atoms with Crippen molar-refractivity contribution in [3.63, 3.8) is 0 Å². The van der Waals surface area contributed by atoms with Gasteiger partial charge >= 0.3 is 0 Å². The molecule has 0 radical (unpaired) electrons. The number of hydrogen-bond donors (Lipinski definition) is 1. The van der Waals surface area contributed by atoms with Gasteiger partial charge in [-0.3, -0.25) is 0 Å². The molecule has 0 heterocycles. The van der Waals surface area contributed by atoms with Gasteiger partial charge in [0, 0.05) is 0 Å². The Bertz CT molecular complexity index is 262. The van der Waals surface area contributed by atoms with Crippen LogP contribution in [-0.2, 0) is 0 Å². The second kappa shape index (κ2) is 4.01. The highest BCUT2D eigenvalue weighted by molar-refractivity contribution is 5.06. The van der Waals surface area contributed by atoms with Crippen LogP contribution in [0.1, 0.15) is 64.7 Å². The van der Waals surface area contributed by atoms with Gasteiger partial charge in [-0.1, -0.05) is 32.6 Å². The van der Waals surface area contributed by atoms with E-state index in [1.807, 2.05) is 0 Å². The van der Waals surface area contributed by atoms with E-state index < -0.39 is 0 Å². The second-order valence-corrected chi connectivity index (χ2v) is 6.63. The third kappa shape index (κ3) is 1.54. The van der Waals surface area contributed by atoms with Crippen LogP contribution in [0, 0.1) is 23.7 Å². The number of fused-ring (bicyclic) bond motifs is 2. The molecular formula is C15H26O. The zero-order valence-electron chi connectivity index (χ0n) is 10.6. The molecule has 0 aromatic heterocycles. The highest BCUT2D eigenvalue weighted by Gasteiger charge is 2.55. The molecule has 0 spiro atoms. The molecule has 5 unspecified atom stereocenters. The molecule has 0 saturated heterocycles. The Labute approximate surface area is 99.6 Å². The fourth-order valence-electron chi connectivity index (χ4n) is 5.15. The first-order valence-electron chi connectivity index (χ1n) is 7.46. The number of hydrogen-bond acceptors (Lipinski definition) is 1. The third-order valence-electron chi connectivity index (χ3n) is 5.94. The standard InChI is InChI=1S/C15H26O/c1-2-12-5-3-4-6-14(12)15(16)10-11-7-8-13(15)9-11/h11-14,16H,2-10H2,1H3. The normalized spacial score (nSPS) is 52.1. The Morgan fingerprint density at radius 2 is 1.94 bits per heavy atom. The van der Waals surface area contributed by atoms with Gasteiger partial charge in [-0.05, 0) is 55.8 Å². The largest absolute Gasteiger partial charge is 0.389 e. The minimum atomic E-state index is -0.246. The monoisotopic (exact) mass is 222 g/mol. The Morgan fingerprint density at radius 3 is 2.56 bits per heavy atom. The van der Waals surface area contributed by atoms with Gasteiger partial charge in [0.05, 0.1) is 5.60 Å². The zero-order valence-corrected chi connectivity index (χ0v) is 10.6. The highest BCUT2D eigenvalue weighted by atomic mass is 16.3. The van der Waals surface area contributed by atoms with Crippen LogP contribution in [0.25, 0.3) is 0 Å². The molecule has 0 aromatic rings. The molecule has 1 nitrogen and oxygen atoms in total. The fraction of sp³-hybridized carbons (Fsp3) is 1.00. The summed E-state index contributed by atoms with van der Waals surface area (Å²) in [6.07, 6.45) is 11.9. The SMILES string of the molecule is CCC1CCCCC1C1(O)CC2CCC1C2. The number of aliphatic hydroxyl groups is 1. The van der Waals surface area contributed by atoms with Crippen molar-refractivity contribution in [3.05, 3.63) is 0 Å². The average molecular weight is 222 g/mol. The van der Waals surface area contributed by atoms with Crippen LogP contribution in [0.2, 0.25) is 0 Å². The zero-order chi connectivity index (χ0) is 11.2. The van der Waals surface area contributed by atoms with E-state index in [0.29, 0.717) is 11.8 Å². The molecular weight excluding hydrogens is 196 g/mol. The molecule has 0 amide bonds. The van der Waals surface area contributed by atoms with E-state index in [9.17, 15) is 5.11 Å². The Morgan fingerprint density at radius 1 is 1.12 bits per heavy atom. The summed E-state index contributed by atoms with van der Waals surface area (Å²) in [4.78, 5) is 0. The van der Waals surface area contributed by atoms with Crippen molar-refractivity contribution < 1.29 is 5.11 Å². The maximum Gasteiger partial charge on any atom is 0.0709 e. The van der Waals surface area contributed by atoms with E-state index in [4.69, 9.17) is 0 Å². The lowest BCUT2D eigenvalue weighted by Gasteiger charge is -2.45. The van der Waals surface area contributed by atoms with Crippen LogP contribution in [0.5, 0.6) is 0 Å². The molecule has 5 atom stereocenters. The maximum atomic E-state index is 11.1. The average Bonchev–Trinajstić information content (AvgIpc) is 2.89. The van der Waals surface area contributed by atoms with E-state index >= 15 is 0 Å². The van der Waals surface area contributed by atoms with Gasteiger partial charge in [0.1, 0.15) is 0 Å². The smallest absolute Gasteiger partial charge is 0.0709 e. The number of rotatable bonds is 2. The van der Waals surface area contributed by atoms with Crippen LogP contribution < -0.4 is 0 Å². The first-order valence-corrected chi connectivity index (χ1v) is 7.46. The van der Waals surface area contributed by atoms with Crippen molar-refractivity contribution >= 4 is 0 Å². The van der Waals surface area contributed by atoms with Crippen molar-refractivity contribution in [1.82, 2.24) is 0 Å². The molecule has 16 heavy (non-hydrogen) atoms. The molecule has 3 rings (SSSR count). The van der Waals surface area contributed by atoms with Crippen molar-refractivity contribution in [2.45, 2.75) is 70.3 Å². The van der Waals surface area contributed by atoms with Gasteiger partial charge in [-0.15, -0.1) is 0 Å². The Hall–Kier alpha value is -0.0400. The van der Waals surface area contributed by atoms with Crippen LogP contribution in [0.3, 0.4) is 0 Å².